The summed E-state index contributed by atoms with van der Waals surface area (Å²) in [5.74, 6) is -0.00584. The van der Waals surface area contributed by atoms with Gasteiger partial charge in [0, 0.05) is 28.9 Å². The van der Waals surface area contributed by atoms with Gasteiger partial charge in [-0.05, 0) is 68.7 Å². The Bertz CT molecular complexity index is 1340. The number of ketones is 1. The Hall–Kier alpha value is -3.20. The molecule has 0 atom stereocenters. The molecule has 0 aliphatic rings. The van der Waals surface area contributed by atoms with E-state index >= 15 is 0 Å². The van der Waals surface area contributed by atoms with Crippen molar-refractivity contribution in [2.24, 2.45) is 7.05 Å². The average Bonchev–Trinajstić information content (AvgIpc) is 2.85. The molecule has 0 radical (unpaired) electrons. The van der Waals surface area contributed by atoms with Crippen LogP contribution in [0, 0.1) is 27.7 Å². The Morgan fingerprint density at radius 3 is 1.71 bits per heavy atom. The number of carbonyl (C=O) groups is 1. The van der Waals surface area contributed by atoms with Gasteiger partial charge in [0.2, 0.25) is 0 Å². The lowest BCUT2D eigenvalue weighted by Crippen LogP contribution is -2.12. The van der Waals surface area contributed by atoms with Crippen molar-refractivity contribution in [3.8, 4) is 0 Å². The van der Waals surface area contributed by atoms with Crippen molar-refractivity contribution in [2.45, 2.75) is 69.2 Å². The summed E-state index contributed by atoms with van der Waals surface area (Å²) in [6, 6.07) is 15.5. The Morgan fingerprint density at radius 1 is 0.618 bits per heavy atom. The van der Waals surface area contributed by atoms with Crippen molar-refractivity contribution < 1.29 is 4.79 Å². The smallest absolute Gasteiger partial charge is 0.197 e. The van der Waals surface area contributed by atoms with Gasteiger partial charge in [-0.15, -0.1) is 0 Å². The summed E-state index contributed by atoms with van der Waals surface area (Å²) in [6.45, 7) is 19.9. The van der Waals surface area contributed by atoms with E-state index in [-0.39, 0.29) is 11.2 Å². The van der Waals surface area contributed by atoms with Gasteiger partial charge in [0.05, 0.1) is 11.0 Å². The molecular formula is C31H41NO2. The van der Waals surface area contributed by atoms with Crippen LogP contribution in [0.15, 0.2) is 53.3 Å². The highest BCUT2D eigenvalue weighted by atomic mass is 16.1. The van der Waals surface area contributed by atoms with Crippen LogP contribution in [0.25, 0.3) is 21.8 Å². The molecule has 34 heavy (non-hydrogen) atoms. The summed E-state index contributed by atoms with van der Waals surface area (Å²) in [7, 11) is 1.95. The SMILES string of the molecule is CC.CC.CC.Cc1ccc(C(=O)c2cc3c(cc2C)c(=O)c2ccc(C)cc2n3C)c(C)c1. The normalized spacial score (nSPS) is 9.85. The van der Waals surface area contributed by atoms with Gasteiger partial charge in [-0.25, -0.2) is 0 Å². The fraction of sp³-hybridized carbons (Fsp3) is 0.355. The maximum absolute atomic E-state index is 13.3. The monoisotopic (exact) mass is 459 g/mol. The number of rotatable bonds is 2. The molecule has 4 aromatic rings. The van der Waals surface area contributed by atoms with Gasteiger partial charge in [0.25, 0.3) is 0 Å². The topological polar surface area (TPSA) is 39.1 Å². The predicted molar refractivity (Wildman–Crippen MR) is 150 cm³/mol. The zero-order valence-corrected chi connectivity index (χ0v) is 22.9. The van der Waals surface area contributed by atoms with Crippen LogP contribution in [0.5, 0.6) is 0 Å². The number of hydrogen-bond donors (Lipinski definition) is 0. The van der Waals surface area contributed by atoms with Crippen molar-refractivity contribution in [3.63, 3.8) is 0 Å². The lowest BCUT2D eigenvalue weighted by atomic mass is 9.93. The first-order valence-corrected chi connectivity index (χ1v) is 12.4. The second-order valence-electron chi connectivity index (χ2n) is 7.74. The maximum atomic E-state index is 13.3. The third-order valence-electron chi connectivity index (χ3n) is 5.58. The Kier molecular flexibility index (Phi) is 10.9. The van der Waals surface area contributed by atoms with Crippen LogP contribution in [-0.4, -0.2) is 10.4 Å². The van der Waals surface area contributed by atoms with E-state index in [1.165, 1.54) is 0 Å². The molecule has 0 bridgehead atoms. The fourth-order valence-electron chi connectivity index (χ4n) is 4.00. The molecule has 0 fully saturated rings. The highest BCUT2D eigenvalue weighted by Crippen LogP contribution is 2.25. The van der Waals surface area contributed by atoms with Crippen molar-refractivity contribution >= 4 is 27.6 Å². The molecule has 0 amide bonds. The zero-order chi connectivity index (χ0) is 26.2. The van der Waals surface area contributed by atoms with E-state index in [9.17, 15) is 9.59 Å². The molecule has 0 aliphatic carbocycles. The number of carbonyl (C=O) groups excluding carboxylic acids is 1. The minimum absolute atomic E-state index is 0.00584. The quantitative estimate of drug-likeness (QED) is 0.224. The number of hydrogen-bond acceptors (Lipinski definition) is 2. The molecule has 182 valence electrons. The van der Waals surface area contributed by atoms with Gasteiger partial charge < -0.3 is 4.57 Å². The summed E-state index contributed by atoms with van der Waals surface area (Å²) in [4.78, 5) is 26.3. The lowest BCUT2D eigenvalue weighted by molar-refractivity contribution is 0.103. The van der Waals surface area contributed by atoms with Gasteiger partial charge >= 0.3 is 0 Å². The fourth-order valence-corrected chi connectivity index (χ4v) is 4.00. The van der Waals surface area contributed by atoms with E-state index in [1.54, 1.807) is 0 Å². The molecule has 0 spiro atoms. The minimum atomic E-state index is -0.00584. The molecular weight excluding hydrogens is 418 g/mol. The standard InChI is InChI=1S/C25H23NO2.3C2H6/c1-14-6-8-18(16(3)10-14)24(27)20-13-23-21(12-17(20)4)25(28)19-9-7-15(2)11-22(19)26(23)5;3*1-2/h6-13H,1-5H3;3*1-2H3. The van der Waals surface area contributed by atoms with Crippen LogP contribution in [0.3, 0.4) is 0 Å². The zero-order valence-electron chi connectivity index (χ0n) is 22.9. The van der Waals surface area contributed by atoms with Crippen LogP contribution in [0.2, 0.25) is 0 Å². The molecule has 4 rings (SSSR count). The van der Waals surface area contributed by atoms with Crippen molar-refractivity contribution in [1.82, 2.24) is 4.57 Å². The molecule has 0 saturated carbocycles. The first-order valence-electron chi connectivity index (χ1n) is 12.4. The van der Waals surface area contributed by atoms with Crippen LogP contribution in [0.4, 0.5) is 0 Å². The van der Waals surface area contributed by atoms with Gasteiger partial charge in [-0.2, -0.15) is 0 Å². The summed E-state index contributed by atoms with van der Waals surface area (Å²) in [5.41, 5.74) is 7.03. The molecule has 3 heteroatoms. The number of benzene rings is 3. The summed E-state index contributed by atoms with van der Waals surface area (Å²) in [6.07, 6.45) is 0. The number of fused-ring (bicyclic) bond motifs is 2. The largest absolute Gasteiger partial charge is 0.343 e. The number of pyridine rings is 1. The highest BCUT2D eigenvalue weighted by Gasteiger charge is 2.18. The Balaban J connectivity index is 0.000000894. The van der Waals surface area contributed by atoms with E-state index < -0.39 is 0 Å². The maximum Gasteiger partial charge on any atom is 0.197 e. The molecule has 1 aromatic heterocycles. The van der Waals surface area contributed by atoms with E-state index in [2.05, 4.69) is 0 Å². The first kappa shape index (κ1) is 28.8. The van der Waals surface area contributed by atoms with Crippen molar-refractivity contribution in [1.29, 1.82) is 0 Å². The summed E-state index contributed by atoms with van der Waals surface area (Å²) < 4.78 is 2.01. The first-order chi connectivity index (χ1) is 16.3. The van der Waals surface area contributed by atoms with E-state index in [4.69, 9.17) is 0 Å². The number of nitrogens with zero attached hydrogens (tertiary/aromatic N) is 1. The lowest BCUT2D eigenvalue weighted by Gasteiger charge is -2.14. The van der Waals surface area contributed by atoms with Gasteiger partial charge in [-0.1, -0.05) is 71.4 Å². The minimum Gasteiger partial charge on any atom is -0.343 e. The van der Waals surface area contributed by atoms with Gasteiger partial charge in [-0.3, -0.25) is 9.59 Å². The average molecular weight is 460 g/mol. The van der Waals surface area contributed by atoms with Crippen LogP contribution >= 0.6 is 0 Å². The van der Waals surface area contributed by atoms with Crippen molar-refractivity contribution in [3.05, 3.63) is 92.1 Å². The molecule has 0 saturated heterocycles. The Labute approximate surface area is 205 Å². The second kappa shape index (κ2) is 12.9. The van der Waals surface area contributed by atoms with Crippen molar-refractivity contribution in [2.75, 3.05) is 0 Å². The summed E-state index contributed by atoms with van der Waals surface area (Å²) in [5, 5.41) is 1.35. The Morgan fingerprint density at radius 2 is 1.12 bits per heavy atom. The van der Waals surface area contributed by atoms with E-state index in [0.717, 1.165) is 33.3 Å². The van der Waals surface area contributed by atoms with Crippen LogP contribution < -0.4 is 5.43 Å². The molecule has 1 heterocycles. The van der Waals surface area contributed by atoms with Crippen LogP contribution in [0.1, 0.15) is 79.7 Å². The summed E-state index contributed by atoms with van der Waals surface area (Å²) >= 11 is 0. The van der Waals surface area contributed by atoms with Gasteiger partial charge in [0.1, 0.15) is 0 Å². The third-order valence-corrected chi connectivity index (χ3v) is 5.58. The van der Waals surface area contributed by atoms with Crippen LogP contribution in [-0.2, 0) is 7.05 Å². The van der Waals surface area contributed by atoms with Gasteiger partial charge in [0.15, 0.2) is 11.2 Å². The molecule has 3 nitrogen and oxygen atoms in total. The molecule has 0 unspecified atom stereocenters. The predicted octanol–water partition coefficient (Wildman–Crippen LogP) is 8.23. The number of aromatic nitrogens is 1. The highest BCUT2D eigenvalue weighted by molar-refractivity contribution is 6.12. The molecule has 0 aliphatic heterocycles. The molecule has 0 N–H and O–H groups in total. The third kappa shape index (κ3) is 5.64. The van der Waals surface area contributed by atoms with E-state index in [0.29, 0.717) is 21.9 Å². The molecule has 3 aromatic carbocycles. The number of aryl methyl sites for hydroxylation is 5. The second-order valence-corrected chi connectivity index (χ2v) is 7.74. The van der Waals surface area contributed by atoms with E-state index in [1.807, 2.05) is 129 Å².